The summed E-state index contributed by atoms with van der Waals surface area (Å²) >= 11 is 0. The van der Waals surface area contributed by atoms with Crippen molar-refractivity contribution in [2.75, 3.05) is 0 Å². The Kier molecular flexibility index (Phi) is 7.40. The molecule has 0 atom stereocenters. The Balaban J connectivity index is 1.75. The minimum absolute atomic E-state index is 0.102. The number of rotatable bonds is 9. The Morgan fingerprint density at radius 1 is 0.759 bits per heavy atom. The summed E-state index contributed by atoms with van der Waals surface area (Å²) < 4.78 is 28.5. The highest BCUT2D eigenvalue weighted by molar-refractivity contribution is 6.58. The maximum atomic E-state index is 14.4. The maximum absolute atomic E-state index is 14.4. The fourth-order valence-electron chi connectivity index (χ4n) is 3.71. The topological polar surface area (TPSA) is 40.5 Å². The first-order valence-electron chi connectivity index (χ1n) is 10.4. The normalized spacial score (nSPS) is 11.2. The van der Waals surface area contributed by atoms with Gasteiger partial charge in [0.1, 0.15) is 0 Å². The maximum Gasteiger partial charge on any atom is 0.491 e. The van der Waals surface area contributed by atoms with Crippen molar-refractivity contribution in [1.29, 1.82) is 0 Å². The number of unbranched alkanes of at least 4 members (excludes halogenated alkanes) is 5. The van der Waals surface area contributed by atoms with Gasteiger partial charge in [0, 0.05) is 11.0 Å². The van der Waals surface area contributed by atoms with Crippen LogP contribution in [0.25, 0.3) is 21.9 Å². The van der Waals surface area contributed by atoms with Crippen LogP contribution >= 0.6 is 0 Å². The number of fused-ring (bicyclic) bond motifs is 1. The highest BCUT2D eigenvalue weighted by Gasteiger charge is 2.22. The molecule has 0 aliphatic rings. The van der Waals surface area contributed by atoms with Crippen molar-refractivity contribution in [3.8, 4) is 11.1 Å². The molecule has 0 heterocycles. The molecule has 3 rings (SSSR count). The number of halogens is 2. The molecule has 0 aliphatic carbocycles. The second-order valence-corrected chi connectivity index (χ2v) is 7.62. The summed E-state index contributed by atoms with van der Waals surface area (Å²) in [6.07, 6.45) is 8.66. The summed E-state index contributed by atoms with van der Waals surface area (Å²) in [5.41, 5.74) is 1.48. The van der Waals surface area contributed by atoms with Gasteiger partial charge in [0.05, 0.1) is 0 Å². The molecule has 0 aliphatic heterocycles. The number of hydrogen-bond donors (Lipinski definition) is 2. The Bertz CT molecular complexity index is 972. The predicted octanol–water partition coefficient (Wildman–Crippen LogP) is 5.37. The van der Waals surface area contributed by atoms with E-state index in [1.54, 1.807) is 6.07 Å². The van der Waals surface area contributed by atoms with Crippen LogP contribution in [0.5, 0.6) is 0 Å². The largest absolute Gasteiger partial charge is 0.491 e. The van der Waals surface area contributed by atoms with E-state index >= 15 is 0 Å². The summed E-state index contributed by atoms with van der Waals surface area (Å²) in [4.78, 5) is 0. The van der Waals surface area contributed by atoms with Gasteiger partial charge in [0.2, 0.25) is 0 Å². The van der Waals surface area contributed by atoms with Crippen molar-refractivity contribution < 1.29 is 18.8 Å². The Hall–Kier alpha value is -2.24. The highest BCUT2D eigenvalue weighted by atomic mass is 19.2. The third-order valence-electron chi connectivity index (χ3n) is 5.43. The lowest BCUT2D eigenvalue weighted by molar-refractivity contribution is 0.420. The summed E-state index contributed by atoms with van der Waals surface area (Å²) in [7, 11) is -2.04. The molecule has 0 aromatic heterocycles. The minimum Gasteiger partial charge on any atom is -0.423 e. The zero-order chi connectivity index (χ0) is 20.8. The molecule has 3 aromatic carbocycles. The molecule has 152 valence electrons. The van der Waals surface area contributed by atoms with Crippen molar-refractivity contribution in [3.05, 3.63) is 65.7 Å². The SMILES string of the molecule is CCCCCCCCc1ccc2cc(-c3ccc(B(O)O)c(F)c3F)ccc2c1. The second kappa shape index (κ2) is 9.99. The molecule has 5 heteroatoms. The lowest BCUT2D eigenvalue weighted by atomic mass is 9.79. The van der Waals surface area contributed by atoms with Crippen molar-refractivity contribution in [2.24, 2.45) is 0 Å². The van der Waals surface area contributed by atoms with Gasteiger partial charge in [-0.3, -0.25) is 0 Å². The molecule has 0 saturated carbocycles. The lowest BCUT2D eigenvalue weighted by Gasteiger charge is -2.10. The van der Waals surface area contributed by atoms with Gasteiger partial charge in [-0.25, -0.2) is 8.78 Å². The Morgan fingerprint density at radius 2 is 1.45 bits per heavy atom. The number of aryl methyl sites for hydroxylation is 1. The standard InChI is InChI=1S/C24H27BF2O2/c1-2-3-4-5-6-7-8-17-9-10-19-16-20(12-11-18(19)15-17)21-13-14-22(25(28)29)24(27)23(21)26/h9-16,28-29H,2-8H2,1H3. The average molecular weight is 396 g/mol. The van der Waals surface area contributed by atoms with Crippen LogP contribution in [-0.4, -0.2) is 17.2 Å². The van der Waals surface area contributed by atoms with Gasteiger partial charge in [0.25, 0.3) is 0 Å². The van der Waals surface area contributed by atoms with E-state index in [2.05, 4.69) is 19.1 Å². The van der Waals surface area contributed by atoms with E-state index < -0.39 is 24.2 Å². The third kappa shape index (κ3) is 5.23. The highest BCUT2D eigenvalue weighted by Crippen LogP contribution is 2.28. The van der Waals surface area contributed by atoms with E-state index in [-0.39, 0.29) is 5.56 Å². The van der Waals surface area contributed by atoms with Gasteiger partial charge in [-0.2, -0.15) is 0 Å². The van der Waals surface area contributed by atoms with E-state index in [4.69, 9.17) is 10.0 Å². The van der Waals surface area contributed by atoms with Crippen LogP contribution in [0, 0.1) is 11.6 Å². The van der Waals surface area contributed by atoms with Gasteiger partial charge in [0.15, 0.2) is 11.6 Å². The van der Waals surface area contributed by atoms with Crippen molar-refractivity contribution >= 4 is 23.4 Å². The smallest absolute Gasteiger partial charge is 0.423 e. The first-order valence-corrected chi connectivity index (χ1v) is 10.4. The lowest BCUT2D eigenvalue weighted by Crippen LogP contribution is -2.33. The zero-order valence-electron chi connectivity index (χ0n) is 16.8. The Labute approximate surface area is 171 Å². The monoisotopic (exact) mass is 396 g/mol. The summed E-state index contributed by atoms with van der Waals surface area (Å²) in [5, 5.41) is 20.3. The fraction of sp³-hybridized carbons (Fsp3) is 0.333. The molecule has 29 heavy (non-hydrogen) atoms. The van der Waals surface area contributed by atoms with Crippen LogP contribution in [0.2, 0.25) is 0 Å². The zero-order valence-corrected chi connectivity index (χ0v) is 16.8. The van der Waals surface area contributed by atoms with Crippen LogP contribution in [0.3, 0.4) is 0 Å². The van der Waals surface area contributed by atoms with E-state index in [0.29, 0.717) is 5.56 Å². The van der Waals surface area contributed by atoms with Gasteiger partial charge < -0.3 is 10.0 Å². The molecule has 0 radical (unpaired) electrons. The molecule has 0 saturated heterocycles. The molecule has 2 nitrogen and oxygen atoms in total. The molecule has 0 spiro atoms. The van der Waals surface area contributed by atoms with E-state index in [1.165, 1.54) is 56.2 Å². The van der Waals surface area contributed by atoms with E-state index in [0.717, 1.165) is 17.2 Å². The summed E-state index contributed by atoms with van der Waals surface area (Å²) in [5.74, 6) is -2.30. The second-order valence-electron chi connectivity index (χ2n) is 7.62. The number of hydrogen-bond acceptors (Lipinski definition) is 2. The van der Waals surface area contributed by atoms with Crippen LogP contribution in [0.4, 0.5) is 8.78 Å². The first-order chi connectivity index (χ1) is 14.0. The minimum atomic E-state index is -2.04. The summed E-state index contributed by atoms with van der Waals surface area (Å²) in [6.45, 7) is 2.22. The quantitative estimate of drug-likeness (QED) is 0.377. The van der Waals surface area contributed by atoms with Gasteiger partial charge >= 0.3 is 7.12 Å². The predicted molar refractivity (Wildman–Crippen MR) is 116 cm³/mol. The molecule has 3 aromatic rings. The molecular weight excluding hydrogens is 369 g/mol. The van der Waals surface area contributed by atoms with E-state index in [9.17, 15) is 8.78 Å². The molecule has 2 N–H and O–H groups in total. The van der Waals surface area contributed by atoms with Gasteiger partial charge in [-0.15, -0.1) is 0 Å². The van der Waals surface area contributed by atoms with Crippen molar-refractivity contribution in [1.82, 2.24) is 0 Å². The van der Waals surface area contributed by atoms with Crippen molar-refractivity contribution in [3.63, 3.8) is 0 Å². The van der Waals surface area contributed by atoms with Crippen LogP contribution in [-0.2, 0) is 6.42 Å². The molecular formula is C24H27BF2O2. The molecule has 0 bridgehead atoms. The van der Waals surface area contributed by atoms with Crippen LogP contribution in [0.1, 0.15) is 51.0 Å². The van der Waals surface area contributed by atoms with Crippen LogP contribution < -0.4 is 5.46 Å². The Morgan fingerprint density at radius 3 is 2.21 bits per heavy atom. The molecule has 0 unspecified atom stereocenters. The number of benzene rings is 3. The fourth-order valence-corrected chi connectivity index (χ4v) is 3.71. The first kappa shape index (κ1) is 21.5. The van der Waals surface area contributed by atoms with Gasteiger partial charge in [-0.1, -0.05) is 81.5 Å². The molecule has 0 amide bonds. The van der Waals surface area contributed by atoms with Gasteiger partial charge in [-0.05, 0) is 40.8 Å². The van der Waals surface area contributed by atoms with E-state index in [1.807, 2.05) is 18.2 Å². The summed E-state index contributed by atoms with van der Waals surface area (Å²) in [6, 6.07) is 14.4. The molecule has 0 fully saturated rings. The van der Waals surface area contributed by atoms with Crippen LogP contribution in [0.15, 0.2) is 48.5 Å². The third-order valence-corrected chi connectivity index (χ3v) is 5.43. The van der Waals surface area contributed by atoms with Crippen molar-refractivity contribution in [2.45, 2.75) is 51.9 Å². The average Bonchev–Trinajstić information content (AvgIpc) is 2.72.